The number of amides is 1. The molecule has 0 spiro atoms. The molecule has 0 unspecified atom stereocenters. The average Bonchev–Trinajstić information content (AvgIpc) is 2.62. The van der Waals surface area contributed by atoms with Gasteiger partial charge in [0.1, 0.15) is 5.75 Å². The van der Waals surface area contributed by atoms with Crippen molar-refractivity contribution in [1.82, 2.24) is 9.71 Å². The Morgan fingerprint density at radius 2 is 1.92 bits per heavy atom. The second-order valence-corrected chi connectivity index (χ2v) is 6.99. The number of aromatic nitrogens is 1. The minimum absolute atomic E-state index is 0.0383. The first-order chi connectivity index (χ1) is 12.0. The zero-order chi connectivity index (χ0) is 18.3. The van der Waals surface area contributed by atoms with Crippen LogP contribution < -0.4 is 9.46 Å². The number of rotatable bonds is 8. The predicted octanol–water partition coefficient (Wildman–Crippen LogP) is 1.87. The number of nitrogens with one attached hydrogen (secondary N) is 1. The molecule has 0 aliphatic carbocycles. The summed E-state index contributed by atoms with van der Waals surface area (Å²) >= 11 is 0. The van der Waals surface area contributed by atoms with Gasteiger partial charge >= 0.3 is 0 Å². The molecule has 0 saturated carbocycles. The SMILES string of the molecule is CCCCOc1ccc(S(=O)(=O)NC(=O)c2ccc(CO)nc2)cc1. The molecule has 8 heteroatoms. The molecule has 25 heavy (non-hydrogen) atoms. The van der Waals surface area contributed by atoms with E-state index >= 15 is 0 Å². The third-order valence-corrected chi connectivity index (χ3v) is 4.72. The Kier molecular flexibility index (Phi) is 6.49. The number of sulfonamides is 1. The third-order valence-electron chi connectivity index (χ3n) is 3.38. The zero-order valence-electron chi connectivity index (χ0n) is 13.8. The number of benzene rings is 1. The predicted molar refractivity (Wildman–Crippen MR) is 91.7 cm³/mol. The first kappa shape index (κ1) is 18.9. The molecule has 0 saturated heterocycles. The normalized spacial score (nSPS) is 11.1. The highest BCUT2D eigenvalue weighted by molar-refractivity contribution is 7.90. The van der Waals surface area contributed by atoms with Crippen molar-refractivity contribution in [2.75, 3.05) is 6.61 Å². The van der Waals surface area contributed by atoms with Gasteiger partial charge in [0, 0.05) is 6.20 Å². The van der Waals surface area contributed by atoms with Crippen LogP contribution in [0.3, 0.4) is 0 Å². The molecule has 0 bridgehead atoms. The lowest BCUT2D eigenvalue weighted by Crippen LogP contribution is -2.30. The van der Waals surface area contributed by atoms with Gasteiger partial charge in [-0.15, -0.1) is 0 Å². The first-order valence-electron chi connectivity index (χ1n) is 7.82. The van der Waals surface area contributed by atoms with Crippen LogP contribution in [0.5, 0.6) is 5.75 Å². The van der Waals surface area contributed by atoms with Gasteiger partial charge < -0.3 is 9.84 Å². The Morgan fingerprint density at radius 1 is 1.20 bits per heavy atom. The van der Waals surface area contributed by atoms with Crippen LogP contribution >= 0.6 is 0 Å². The van der Waals surface area contributed by atoms with Crippen molar-refractivity contribution < 1.29 is 23.1 Å². The van der Waals surface area contributed by atoms with Crippen molar-refractivity contribution >= 4 is 15.9 Å². The van der Waals surface area contributed by atoms with Crippen molar-refractivity contribution in [3.8, 4) is 5.75 Å². The molecule has 0 radical (unpaired) electrons. The minimum Gasteiger partial charge on any atom is -0.494 e. The van der Waals surface area contributed by atoms with E-state index in [1.807, 2.05) is 4.72 Å². The summed E-state index contributed by atoms with van der Waals surface area (Å²) in [6, 6.07) is 8.70. The molecule has 1 aromatic heterocycles. The summed E-state index contributed by atoms with van der Waals surface area (Å²) in [5.74, 6) is -0.220. The maximum Gasteiger partial charge on any atom is 0.266 e. The smallest absolute Gasteiger partial charge is 0.266 e. The maximum absolute atomic E-state index is 12.3. The van der Waals surface area contributed by atoms with E-state index in [1.54, 1.807) is 12.1 Å². The summed E-state index contributed by atoms with van der Waals surface area (Å²) < 4.78 is 32.0. The van der Waals surface area contributed by atoms with Crippen molar-refractivity contribution in [1.29, 1.82) is 0 Å². The van der Waals surface area contributed by atoms with E-state index in [2.05, 4.69) is 11.9 Å². The lowest BCUT2D eigenvalue weighted by Gasteiger charge is -2.09. The second kappa shape index (κ2) is 8.59. The van der Waals surface area contributed by atoms with Gasteiger partial charge in [0.15, 0.2) is 0 Å². The Morgan fingerprint density at radius 3 is 2.48 bits per heavy atom. The highest BCUT2D eigenvalue weighted by Crippen LogP contribution is 2.16. The zero-order valence-corrected chi connectivity index (χ0v) is 14.6. The summed E-state index contributed by atoms with van der Waals surface area (Å²) in [7, 11) is -4.00. The van der Waals surface area contributed by atoms with Crippen LogP contribution in [0.1, 0.15) is 35.8 Å². The average molecular weight is 364 g/mol. The van der Waals surface area contributed by atoms with Crippen LogP contribution in [-0.2, 0) is 16.6 Å². The number of aliphatic hydroxyl groups excluding tert-OH is 1. The molecular weight excluding hydrogens is 344 g/mol. The maximum atomic E-state index is 12.3. The molecule has 1 heterocycles. The molecule has 2 N–H and O–H groups in total. The van der Waals surface area contributed by atoms with Crippen LogP contribution in [0, 0.1) is 0 Å². The van der Waals surface area contributed by atoms with E-state index in [4.69, 9.17) is 9.84 Å². The molecular formula is C17H20N2O5S. The van der Waals surface area contributed by atoms with Crippen LogP contribution in [0.4, 0.5) is 0 Å². The summed E-state index contributed by atoms with van der Waals surface area (Å²) in [6.07, 6.45) is 3.13. The second-order valence-electron chi connectivity index (χ2n) is 5.30. The molecule has 0 fully saturated rings. The van der Waals surface area contributed by atoms with E-state index in [0.717, 1.165) is 12.8 Å². The Bertz CT molecular complexity index is 802. The third kappa shape index (κ3) is 5.27. The number of pyridine rings is 1. The van der Waals surface area contributed by atoms with Gasteiger partial charge in [0.05, 0.1) is 29.4 Å². The van der Waals surface area contributed by atoms with Gasteiger partial charge in [-0.3, -0.25) is 9.78 Å². The van der Waals surface area contributed by atoms with E-state index in [9.17, 15) is 13.2 Å². The van der Waals surface area contributed by atoms with Crippen LogP contribution in [-0.4, -0.2) is 31.0 Å². The summed E-state index contributed by atoms with van der Waals surface area (Å²) in [4.78, 5) is 15.9. The fourth-order valence-corrected chi connectivity index (χ4v) is 2.92. The number of unbranched alkanes of at least 4 members (excludes halogenated alkanes) is 1. The monoisotopic (exact) mass is 364 g/mol. The number of aliphatic hydroxyl groups is 1. The summed E-state index contributed by atoms with van der Waals surface area (Å²) in [5.41, 5.74) is 0.471. The van der Waals surface area contributed by atoms with E-state index < -0.39 is 15.9 Å². The van der Waals surface area contributed by atoms with E-state index in [0.29, 0.717) is 18.1 Å². The first-order valence-corrected chi connectivity index (χ1v) is 9.30. The molecule has 0 atom stereocenters. The topological polar surface area (TPSA) is 106 Å². The molecule has 1 aromatic carbocycles. The standard InChI is InChI=1S/C17H20N2O5S/c1-2-3-10-24-15-6-8-16(9-7-15)25(22,23)19-17(21)13-4-5-14(12-20)18-11-13/h4-9,11,20H,2-3,10,12H2,1H3,(H,19,21). The molecule has 2 aromatic rings. The minimum atomic E-state index is -4.00. The fraction of sp³-hybridized carbons (Fsp3) is 0.294. The van der Waals surface area contributed by atoms with E-state index in [1.165, 1.54) is 30.5 Å². The Hall–Kier alpha value is -2.45. The van der Waals surface area contributed by atoms with Gasteiger partial charge in [-0.1, -0.05) is 13.3 Å². The molecule has 134 valence electrons. The Balaban J connectivity index is 2.05. The van der Waals surface area contributed by atoms with Crippen molar-refractivity contribution in [2.45, 2.75) is 31.3 Å². The number of hydrogen-bond acceptors (Lipinski definition) is 6. The summed E-state index contributed by atoms with van der Waals surface area (Å²) in [5, 5.41) is 8.92. The van der Waals surface area contributed by atoms with Crippen molar-refractivity contribution in [3.63, 3.8) is 0 Å². The molecule has 2 rings (SSSR count). The fourth-order valence-electron chi connectivity index (χ4n) is 1.94. The highest BCUT2D eigenvalue weighted by Gasteiger charge is 2.19. The van der Waals surface area contributed by atoms with Gasteiger partial charge in [0.25, 0.3) is 15.9 Å². The van der Waals surface area contributed by atoms with Crippen molar-refractivity contribution in [3.05, 3.63) is 53.9 Å². The summed E-state index contributed by atoms with van der Waals surface area (Å²) in [6.45, 7) is 2.36. The number of carbonyl (C=O) groups excluding carboxylic acids is 1. The molecule has 0 aliphatic heterocycles. The number of hydrogen-bond donors (Lipinski definition) is 2. The van der Waals surface area contributed by atoms with Gasteiger partial charge in [0.2, 0.25) is 0 Å². The van der Waals surface area contributed by atoms with Crippen LogP contribution in [0.15, 0.2) is 47.5 Å². The Labute approximate surface area is 146 Å². The van der Waals surface area contributed by atoms with Crippen LogP contribution in [0.25, 0.3) is 0 Å². The molecule has 7 nitrogen and oxygen atoms in total. The molecule has 0 aliphatic rings. The number of nitrogens with zero attached hydrogens (tertiary/aromatic N) is 1. The number of carbonyl (C=O) groups is 1. The van der Waals surface area contributed by atoms with Crippen molar-refractivity contribution in [2.24, 2.45) is 0 Å². The quantitative estimate of drug-likeness (QED) is 0.693. The van der Waals surface area contributed by atoms with Gasteiger partial charge in [-0.25, -0.2) is 13.1 Å². The highest BCUT2D eigenvalue weighted by atomic mass is 32.2. The van der Waals surface area contributed by atoms with Gasteiger partial charge in [-0.2, -0.15) is 0 Å². The molecule has 1 amide bonds. The lowest BCUT2D eigenvalue weighted by molar-refractivity contribution is 0.0981. The van der Waals surface area contributed by atoms with E-state index in [-0.39, 0.29) is 17.1 Å². The lowest BCUT2D eigenvalue weighted by atomic mass is 10.2. The van der Waals surface area contributed by atoms with Gasteiger partial charge in [-0.05, 0) is 42.8 Å². The number of ether oxygens (including phenoxy) is 1. The van der Waals surface area contributed by atoms with Crippen LogP contribution in [0.2, 0.25) is 0 Å². The largest absolute Gasteiger partial charge is 0.494 e.